The van der Waals surface area contributed by atoms with Gasteiger partial charge in [0.15, 0.2) is 16.7 Å². The summed E-state index contributed by atoms with van der Waals surface area (Å²) < 4.78 is 16.2. The van der Waals surface area contributed by atoms with E-state index >= 15 is 0 Å². The van der Waals surface area contributed by atoms with Gasteiger partial charge in [0.25, 0.3) is 0 Å². The SMILES string of the molecule is CCCC1=C(C(=O)OCC)[C@H](c2ccc(OC)c(OC)c2)N2C(=N1)SC(C#N)=C2N. The molecule has 2 aliphatic heterocycles. The number of nitriles is 1. The number of esters is 1. The second-order valence-corrected chi connectivity index (χ2v) is 7.52. The Labute approximate surface area is 180 Å². The molecule has 0 amide bonds. The van der Waals surface area contributed by atoms with Gasteiger partial charge >= 0.3 is 5.97 Å². The van der Waals surface area contributed by atoms with E-state index in [4.69, 9.17) is 19.9 Å². The summed E-state index contributed by atoms with van der Waals surface area (Å²) in [5, 5.41) is 10.1. The maximum Gasteiger partial charge on any atom is 0.338 e. The molecule has 3 rings (SSSR count). The van der Waals surface area contributed by atoms with Gasteiger partial charge in [-0.15, -0.1) is 0 Å². The minimum Gasteiger partial charge on any atom is -0.493 e. The number of methoxy groups -OCH3 is 2. The summed E-state index contributed by atoms with van der Waals surface area (Å²) in [7, 11) is 3.11. The smallest absolute Gasteiger partial charge is 0.338 e. The van der Waals surface area contributed by atoms with Crippen LogP contribution in [0.3, 0.4) is 0 Å². The lowest BCUT2D eigenvalue weighted by atomic mass is 9.92. The van der Waals surface area contributed by atoms with Crippen molar-refractivity contribution in [3.8, 4) is 17.6 Å². The molecule has 30 heavy (non-hydrogen) atoms. The molecule has 1 aromatic carbocycles. The van der Waals surface area contributed by atoms with Crippen molar-refractivity contribution in [1.82, 2.24) is 4.90 Å². The van der Waals surface area contributed by atoms with Crippen LogP contribution in [0, 0.1) is 11.3 Å². The van der Waals surface area contributed by atoms with Gasteiger partial charge in [-0.25, -0.2) is 9.79 Å². The van der Waals surface area contributed by atoms with Gasteiger partial charge in [0.1, 0.15) is 16.8 Å². The number of carbonyl (C=O) groups excluding carboxylic acids is 1. The predicted octanol–water partition coefficient (Wildman–Crippen LogP) is 3.43. The molecule has 2 heterocycles. The Balaban J connectivity index is 2.25. The highest BCUT2D eigenvalue weighted by molar-refractivity contribution is 8.17. The molecule has 8 nitrogen and oxygen atoms in total. The molecule has 0 bridgehead atoms. The van der Waals surface area contributed by atoms with Gasteiger partial charge in [0.2, 0.25) is 0 Å². The molecule has 0 aliphatic carbocycles. The van der Waals surface area contributed by atoms with E-state index in [1.165, 1.54) is 11.8 Å². The number of nitrogens with two attached hydrogens (primary N) is 1. The Morgan fingerprint density at radius 3 is 2.63 bits per heavy atom. The second-order valence-electron chi connectivity index (χ2n) is 6.54. The van der Waals surface area contributed by atoms with Crippen LogP contribution in [0.25, 0.3) is 0 Å². The molecule has 0 spiro atoms. The van der Waals surface area contributed by atoms with Gasteiger partial charge < -0.3 is 19.9 Å². The zero-order chi connectivity index (χ0) is 21.8. The van der Waals surface area contributed by atoms with Crippen molar-refractivity contribution in [2.24, 2.45) is 10.7 Å². The fourth-order valence-corrected chi connectivity index (χ4v) is 4.37. The van der Waals surface area contributed by atoms with E-state index in [1.54, 1.807) is 38.2 Å². The molecule has 158 valence electrons. The quantitative estimate of drug-likeness (QED) is 0.658. The van der Waals surface area contributed by atoms with Crippen LogP contribution in [0.4, 0.5) is 0 Å². The number of rotatable bonds is 7. The summed E-state index contributed by atoms with van der Waals surface area (Å²) >= 11 is 1.20. The van der Waals surface area contributed by atoms with Crippen LogP contribution in [0.2, 0.25) is 0 Å². The van der Waals surface area contributed by atoms with Crippen molar-refractivity contribution in [3.05, 3.63) is 45.8 Å². The van der Waals surface area contributed by atoms with Crippen LogP contribution in [-0.2, 0) is 9.53 Å². The van der Waals surface area contributed by atoms with Crippen molar-refractivity contribution in [2.75, 3.05) is 20.8 Å². The number of hydrogen-bond acceptors (Lipinski definition) is 9. The Bertz CT molecular complexity index is 993. The number of thioether (sulfide) groups is 1. The monoisotopic (exact) mass is 428 g/mol. The third-order valence-corrected chi connectivity index (χ3v) is 5.75. The Hall–Kier alpha value is -3.12. The lowest BCUT2D eigenvalue weighted by Gasteiger charge is -2.35. The first-order valence-corrected chi connectivity index (χ1v) is 10.4. The maximum absolute atomic E-state index is 13.0. The Kier molecular flexibility index (Phi) is 6.57. The molecule has 0 unspecified atom stereocenters. The van der Waals surface area contributed by atoms with E-state index < -0.39 is 12.0 Å². The van der Waals surface area contributed by atoms with Gasteiger partial charge in [0, 0.05) is 0 Å². The Morgan fingerprint density at radius 2 is 2.03 bits per heavy atom. The zero-order valence-corrected chi connectivity index (χ0v) is 18.2. The first-order chi connectivity index (χ1) is 14.5. The highest BCUT2D eigenvalue weighted by atomic mass is 32.2. The number of benzene rings is 1. The molecule has 0 fully saturated rings. The van der Waals surface area contributed by atoms with Crippen LogP contribution in [0.5, 0.6) is 11.5 Å². The van der Waals surface area contributed by atoms with Crippen molar-refractivity contribution in [2.45, 2.75) is 32.7 Å². The van der Waals surface area contributed by atoms with Crippen molar-refractivity contribution in [3.63, 3.8) is 0 Å². The zero-order valence-electron chi connectivity index (χ0n) is 17.4. The molecule has 1 aromatic rings. The van der Waals surface area contributed by atoms with Crippen LogP contribution in [-0.4, -0.2) is 36.9 Å². The van der Waals surface area contributed by atoms with E-state index in [0.717, 1.165) is 12.0 Å². The lowest BCUT2D eigenvalue weighted by molar-refractivity contribution is -0.139. The number of fused-ring (bicyclic) bond motifs is 1. The van der Waals surface area contributed by atoms with Gasteiger partial charge in [0.05, 0.1) is 38.1 Å². The second kappa shape index (κ2) is 9.13. The van der Waals surface area contributed by atoms with Gasteiger partial charge in [-0.1, -0.05) is 19.4 Å². The molecule has 1 atom stereocenters. The maximum atomic E-state index is 13.0. The summed E-state index contributed by atoms with van der Waals surface area (Å²) in [5.74, 6) is 0.901. The van der Waals surface area contributed by atoms with Crippen molar-refractivity contribution in [1.29, 1.82) is 5.26 Å². The fourth-order valence-electron chi connectivity index (χ4n) is 3.48. The standard InChI is InChI=1S/C21H24N4O4S/c1-5-7-13-17(20(26)29-6-2)18(12-8-9-14(27-3)15(10-12)28-4)25-19(23)16(11-22)30-21(25)24-13/h8-10,18H,5-7,23H2,1-4H3/t18-/m0/s1. The van der Waals surface area contributed by atoms with E-state index in [9.17, 15) is 10.1 Å². The summed E-state index contributed by atoms with van der Waals surface area (Å²) in [6.07, 6.45) is 1.39. The fraction of sp³-hybridized carbons (Fsp3) is 0.381. The summed E-state index contributed by atoms with van der Waals surface area (Å²) in [4.78, 5) is 19.8. The van der Waals surface area contributed by atoms with Crippen LogP contribution >= 0.6 is 11.8 Å². The number of nitrogens with zero attached hydrogens (tertiary/aromatic N) is 3. The molecule has 9 heteroatoms. The molecule has 0 radical (unpaired) electrons. The number of aliphatic imine (C=N–C) groups is 1. The van der Waals surface area contributed by atoms with E-state index in [1.807, 2.05) is 13.0 Å². The van der Waals surface area contributed by atoms with Crippen molar-refractivity contribution >= 4 is 22.9 Å². The topological polar surface area (TPSA) is 110 Å². The summed E-state index contributed by atoms with van der Waals surface area (Å²) in [6.45, 7) is 4.01. The van der Waals surface area contributed by atoms with E-state index in [0.29, 0.717) is 39.3 Å². The predicted molar refractivity (Wildman–Crippen MR) is 115 cm³/mol. The minimum atomic E-state index is -0.601. The van der Waals surface area contributed by atoms with Crippen LogP contribution in [0.1, 0.15) is 38.3 Å². The number of allylic oxidation sites excluding steroid dienone is 2. The normalized spacial score (nSPS) is 18.0. The van der Waals surface area contributed by atoms with Gasteiger partial charge in [-0.2, -0.15) is 5.26 Å². The highest BCUT2D eigenvalue weighted by Gasteiger charge is 2.43. The third-order valence-electron chi connectivity index (χ3n) is 4.77. The summed E-state index contributed by atoms with van der Waals surface area (Å²) in [6, 6.07) is 6.94. The average molecular weight is 429 g/mol. The number of carbonyl (C=O) groups is 1. The third kappa shape index (κ3) is 3.71. The summed E-state index contributed by atoms with van der Waals surface area (Å²) in [5.41, 5.74) is 8.11. The molecule has 2 N–H and O–H groups in total. The molecular weight excluding hydrogens is 404 g/mol. The van der Waals surface area contributed by atoms with Crippen LogP contribution in [0.15, 0.2) is 45.2 Å². The van der Waals surface area contributed by atoms with Crippen molar-refractivity contribution < 1.29 is 19.0 Å². The molecule has 0 aromatic heterocycles. The highest BCUT2D eigenvalue weighted by Crippen LogP contribution is 2.47. The largest absolute Gasteiger partial charge is 0.493 e. The first kappa shape index (κ1) is 21.6. The molecular formula is C21H24N4O4S. The number of amidine groups is 1. The van der Waals surface area contributed by atoms with Crippen LogP contribution < -0.4 is 15.2 Å². The number of ether oxygens (including phenoxy) is 3. The number of hydrogen-bond donors (Lipinski definition) is 1. The molecule has 0 saturated heterocycles. The lowest BCUT2D eigenvalue weighted by Crippen LogP contribution is -2.39. The molecule has 0 saturated carbocycles. The Morgan fingerprint density at radius 1 is 1.30 bits per heavy atom. The first-order valence-electron chi connectivity index (χ1n) is 9.58. The van der Waals surface area contributed by atoms with Gasteiger partial charge in [-0.05, 0) is 42.8 Å². The van der Waals surface area contributed by atoms with Gasteiger partial charge in [-0.3, -0.25) is 4.90 Å². The van der Waals surface area contributed by atoms with E-state index in [-0.39, 0.29) is 12.4 Å². The molecule has 2 aliphatic rings. The minimum absolute atomic E-state index is 0.237. The van der Waals surface area contributed by atoms with E-state index in [2.05, 4.69) is 11.1 Å². The average Bonchev–Trinajstić information content (AvgIpc) is 3.07.